The van der Waals surface area contributed by atoms with E-state index in [4.69, 9.17) is 18.0 Å². The second-order valence-electron chi connectivity index (χ2n) is 4.37. The van der Waals surface area contributed by atoms with E-state index in [-0.39, 0.29) is 16.2 Å². The second kappa shape index (κ2) is 5.80. The van der Waals surface area contributed by atoms with Crippen LogP contribution in [0.4, 0.5) is 14.5 Å². The molecule has 0 bridgehead atoms. The number of aromatic nitrogens is 1. The zero-order chi connectivity index (χ0) is 14.9. The first-order valence-corrected chi connectivity index (χ1v) is 7.08. The van der Waals surface area contributed by atoms with E-state index in [1.807, 2.05) is 6.92 Å². The van der Waals surface area contributed by atoms with Crippen LogP contribution >= 0.6 is 23.6 Å². The summed E-state index contributed by atoms with van der Waals surface area (Å²) in [6.45, 7) is 2.25. The third-order valence-electron chi connectivity index (χ3n) is 2.91. The van der Waals surface area contributed by atoms with Crippen LogP contribution in [0.15, 0.2) is 17.6 Å². The first-order valence-electron chi connectivity index (χ1n) is 5.79. The van der Waals surface area contributed by atoms with Crippen molar-refractivity contribution in [1.29, 1.82) is 0 Å². The molecule has 106 valence electrons. The van der Waals surface area contributed by atoms with Crippen molar-refractivity contribution in [3.05, 3.63) is 45.4 Å². The molecule has 0 spiro atoms. The molecule has 0 amide bonds. The standard InChI is InChI=1S/C13H13F2N3S2/c1-7-11(20-6-17-7)5-18(2)12-9(14)3-8(13(16)19)4-10(12)15/h3-4,6H,5H2,1-2H3,(H2,16,19). The predicted molar refractivity (Wildman–Crippen MR) is 81.2 cm³/mol. The lowest BCUT2D eigenvalue weighted by atomic mass is 10.1. The Balaban J connectivity index is 2.33. The largest absolute Gasteiger partial charge is 0.389 e. The number of anilines is 1. The molecule has 1 heterocycles. The quantitative estimate of drug-likeness (QED) is 0.881. The normalized spacial score (nSPS) is 10.6. The summed E-state index contributed by atoms with van der Waals surface area (Å²) in [5.41, 5.74) is 8.04. The van der Waals surface area contributed by atoms with Gasteiger partial charge in [-0.3, -0.25) is 0 Å². The van der Waals surface area contributed by atoms with E-state index < -0.39 is 11.6 Å². The van der Waals surface area contributed by atoms with Crippen LogP contribution in [-0.2, 0) is 6.54 Å². The van der Waals surface area contributed by atoms with Gasteiger partial charge in [-0.1, -0.05) is 12.2 Å². The van der Waals surface area contributed by atoms with Crippen LogP contribution in [0, 0.1) is 18.6 Å². The number of rotatable bonds is 4. The Morgan fingerprint density at radius 3 is 2.45 bits per heavy atom. The molecule has 20 heavy (non-hydrogen) atoms. The highest BCUT2D eigenvalue weighted by Crippen LogP contribution is 2.26. The fraction of sp³-hybridized carbons (Fsp3) is 0.231. The minimum atomic E-state index is -0.683. The van der Waals surface area contributed by atoms with Crippen molar-refractivity contribution >= 4 is 34.2 Å². The number of halogens is 2. The second-order valence-corrected chi connectivity index (χ2v) is 5.75. The molecule has 0 aliphatic rings. The molecule has 0 fully saturated rings. The summed E-state index contributed by atoms with van der Waals surface area (Å²) in [7, 11) is 1.63. The third kappa shape index (κ3) is 2.94. The predicted octanol–water partition coefficient (Wildman–Crippen LogP) is 3.00. The van der Waals surface area contributed by atoms with E-state index in [2.05, 4.69) is 4.98 Å². The van der Waals surface area contributed by atoms with Crippen LogP contribution in [0.25, 0.3) is 0 Å². The van der Waals surface area contributed by atoms with Crippen molar-refractivity contribution in [3.63, 3.8) is 0 Å². The zero-order valence-electron chi connectivity index (χ0n) is 11.0. The fourth-order valence-electron chi connectivity index (χ4n) is 1.84. The number of hydrogen-bond acceptors (Lipinski definition) is 4. The number of thiocarbonyl (C=S) groups is 1. The van der Waals surface area contributed by atoms with Crippen LogP contribution < -0.4 is 10.6 Å². The summed E-state index contributed by atoms with van der Waals surface area (Å²) in [6, 6.07) is 2.30. The minimum Gasteiger partial charge on any atom is -0.389 e. The van der Waals surface area contributed by atoms with Crippen molar-refractivity contribution in [1.82, 2.24) is 4.98 Å². The van der Waals surface area contributed by atoms with Crippen molar-refractivity contribution in [2.24, 2.45) is 5.73 Å². The molecule has 0 radical (unpaired) electrons. The molecule has 0 saturated heterocycles. The number of thiazole rings is 1. The molecular weight excluding hydrogens is 300 g/mol. The van der Waals surface area contributed by atoms with Crippen LogP contribution in [0.1, 0.15) is 16.1 Å². The average Bonchev–Trinajstić information content (AvgIpc) is 2.74. The molecule has 2 rings (SSSR count). The molecule has 7 heteroatoms. The molecule has 3 nitrogen and oxygen atoms in total. The Hall–Kier alpha value is -1.60. The van der Waals surface area contributed by atoms with Gasteiger partial charge in [-0.05, 0) is 19.1 Å². The monoisotopic (exact) mass is 313 g/mol. The van der Waals surface area contributed by atoms with Crippen LogP contribution in [0.5, 0.6) is 0 Å². The molecule has 0 atom stereocenters. The van der Waals surface area contributed by atoms with Gasteiger partial charge in [0.25, 0.3) is 0 Å². The Kier molecular flexibility index (Phi) is 4.29. The zero-order valence-corrected chi connectivity index (χ0v) is 12.6. The van der Waals surface area contributed by atoms with E-state index in [1.54, 1.807) is 12.6 Å². The van der Waals surface area contributed by atoms with Crippen LogP contribution in [0.3, 0.4) is 0 Å². The highest BCUT2D eigenvalue weighted by molar-refractivity contribution is 7.80. The first kappa shape index (κ1) is 14.8. The lowest BCUT2D eigenvalue weighted by Gasteiger charge is -2.20. The van der Waals surface area contributed by atoms with Crippen LogP contribution in [0.2, 0.25) is 0 Å². The lowest BCUT2D eigenvalue weighted by molar-refractivity contribution is 0.576. The Morgan fingerprint density at radius 2 is 2.00 bits per heavy atom. The minimum absolute atomic E-state index is 0.0321. The number of benzene rings is 1. The molecule has 0 unspecified atom stereocenters. The van der Waals surface area contributed by atoms with Crippen molar-refractivity contribution in [2.45, 2.75) is 13.5 Å². The number of aryl methyl sites for hydroxylation is 1. The van der Waals surface area contributed by atoms with Gasteiger partial charge in [0.05, 0.1) is 17.7 Å². The van der Waals surface area contributed by atoms with E-state index in [1.165, 1.54) is 16.2 Å². The van der Waals surface area contributed by atoms with Gasteiger partial charge in [0.1, 0.15) is 22.3 Å². The highest BCUT2D eigenvalue weighted by Gasteiger charge is 2.17. The molecule has 0 aliphatic carbocycles. The molecular formula is C13H13F2N3S2. The Bertz CT molecular complexity index is 632. The summed E-state index contributed by atoms with van der Waals surface area (Å²) in [5.74, 6) is -1.37. The van der Waals surface area contributed by atoms with Gasteiger partial charge in [0.2, 0.25) is 0 Å². The van der Waals surface area contributed by atoms with Gasteiger partial charge in [-0.2, -0.15) is 0 Å². The van der Waals surface area contributed by atoms with Crippen LogP contribution in [-0.4, -0.2) is 17.0 Å². The van der Waals surface area contributed by atoms with Crippen molar-refractivity contribution in [2.75, 3.05) is 11.9 Å². The van der Waals surface area contributed by atoms with Gasteiger partial charge in [-0.15, -0.1) is 11.3 Å². The molecule has 1 aromatic carbocycles. The maximum atomic E-state index is 14.0. The highest BCUT2D eigenvalue weighted by atomic mass is 32.1. The average molecular weight is 313 g/mol. The lowest BCUT2D eigenvalue weighted by Crippen LogP contribution is -2.20. The van der Waals surface area contributed by atoms with E-state index in [0.717, 1.165) is 22.7 Å². The van der Waals surface area contributed by atoms with Gasteiger partial charge in [-0.25, -0.2) is 13.8 Å². The summed E-state index contributed by atoms with van der Waals surface area (Å²) in [4.78, 5) is 6.56. The fourth-order valence-corrected chi connectivity index (χ4v) is 2.79. The SMILES string of the molecule is Cc1ncsc1CN(C)c1c(F)cc(C(N)=S)cc1F. The van der Waals surface area contributed by atoms with Gasteiger partial charge >= 0.3 is 0 Å². The topological polar surface area (TPSA) is 42.2 Å². The maximum Gasteiger partial charge on any atom is 0.150 e. The van der Waals surface area contributed by atoms with Gasteiger partial charge < -0.3 is 10.6 Å². The Labute approximate surface area is 125 Å². The number of hydrogen-bond donors (Lipinski definition) is 1. The molecule has 2 aromatic rings. The van der Waals surface area contributed by atoms with E-state index in [9.17, 15) is 8.78 Å². The maximum absolute atomic E-state index is 14.0. The number of nitrogens with two attached hydrogens (primary N) is 1. The smallest absolute Gasteiger partial charge is 0.150 e. The molecule has 0 aliphatic heterocycles. The Morgan fingerprint density at radius 1 is 1.40 bits per heavy atom. The van der Waals surface area contributed by atoms with E-state index in [0.29, 0.717) is 6.54 Å². The summed E-state index contributed by atoms with van der Waals surface area (Å²) < 4.78 is 28.1. The number of nitrogens with zero attached hydrogens (tertiary/aromatic N) is 2. The van der Waals surface area contributed by atoms with E-state index >= 15 is 0 Å². The summed E-state index contributed by atoms with van der Waals surface area (Å²) in [5, 5.41) is 0. The summed E-state index contributed by atoms with van der Waals surface area (Å²) in [6.07, 6.45) is 0. The molecule has 0 saturated carbocycles. The van der Waals surface area contributed by atoms with Gasteiger partial charge in [0.15, 0.2) is 0 Å². The first-order chi connectivity index (χ1) is 9.40. The van der Waals surface area contributed by atoms with Gasteiger partial charge in [0, 0.05) is 17.5 Å². The molecule has 2 N–H and O–H groups in total. The third-order valence-corrected chi connectivity index (χ3v) is 4.06. The van der Waals surface area contributed by atoms with Crippen molar-refractivity contribution < 1.29 is 8.78 Å². The summed E-state index contributed by atoms with van der Waals surface area (Å²) >= 11 is 6.18. The molecule has 1 aromatic heterocycles. The van der Waals surface area contributed by atoms with Crippen molar-refractivity contribution in [3.8, 4) is 0 Å².